The van der Waals surface area contributed by atoms with Crippen molar-refractivity contribution in [1.82, 2.24) is 4.98 Å². The number of anilines is 3. The van der Waals surface area contributed by atoms with Gasteiger partial charge in [-0.2, -0.15) is 0 Å². The van der Waals surface area contributed by atoms with Crippen molar-refractivity contribution in [3.05, 3.63) is 45.6 Å². The van der Waals surface area contributed by atoms with Gasteiger partial charge in [-0.1, -0.05) is 15.9 Å². The lowest BCUT2D eigenvalue weighted by Crippen LogP contribution is -2.03. The number of hydrogen-bond acceptors (Lipinski definition) is 3. The largest absolute Gasteiger partial charge is 0.396 e. The first-order valence-corrected chi connectivity index (χ1v) is 6.53. The van der Waals surface area contributed by atoms with Gasteiger partial charge in [0, 0.05) is 16.4 Å². The van der Waals surface area contributed by atoms with Gasteiger partial charge in [-0.25, -0.2) is 4.98 Å². The molecule has 2 aromatic rings. The summed E-state index contributed by atoms with van der Waals surface area (Å²) in [4.78, 5) is 4.29. The van der Waals surface area contributed by atoms with Crippen LogP contribution in [0.2, 0.25) is 0 Å². The van der Waals surface area contributed by atoms with Crippen LogP contribution < -0.4 is 11.1 Å². The van der Waals surface area contributed by atoms with E-state index >= 15 is 0 Å². The minimum atomic E-state index is 0.694. The van der Waals surface area contributed by atoms with Crippen LogP contribution in [0, 0.1) is 20.8 Å². The third kappa shape index (κ3) is 2.48. The first-order valence-electron chi connectivity index (χ1n) is 5.74. The zero-order chi connectivity index (χ0) is 13.3. The predicted molar refractivity (Wildman–Crippen MR) is 80.3 cm³/mol. The van der Waals surface area contributed by atoms with Gasteiger partial charge in [-0.05, 0) is 55.7 Å². The van der Waals surface area contributed by atoms with Crippen molar-refractivity contribution in [2.24, 2.45) is 0 Å². The van der Waals surface area contributed by atoms with Gasteiger partial charge in [0.1, 0.15) is 0 Å². The third-order valence-electron chi connectivity index (χ3n) is 2.95. The summed E-state index contributed by atoms with van der Waals surface area (Å²) in [6, 6.07) is 6.05. The van der Waals surface area contributed by atoms with E-state index in [1.54, 1.807) is 6.20 Å². The normalized spacial score (nSPS) is 10.4. The SMILES string of the molecule is Cc1ccnc(Nc2c(C)cc(Br)cc2C)c1N. The van der Waals surface area contributed by atoms with Gasteiger partial charge in [-0.15, -0.1) is 0 Å². The second kappa shape index (κ2) is 4.98. The van der Waals surface area contributed by atoms with Crippen molar-refractivity contribution in [2.75, 3.05) is 11.1 Å². The Balaban J connectivity index is 2.43. The van der Waals surface area contributed by atoms with Gasteiger partial charge >= 0.3 is 0 Å². The zero-order valence-electron chi connectivity index (χ0n) is 10.7. The smallest absolute Gasteiger partial charge is 0.153 e. The fourth-order valence-electron chi connectivity index (χ4n) is 1.90. The van der Waals surface area contributed by atoms with E-state index in [1.165, 1.54) is 0 Å². The van der Waals surface area contributed by atoms with Gasteiger partial charge in [0.25, 0.3) is 0 Å². The van der Waals surface area contributed by atoms with E-state index in [0.717, 1.165) is 26.9 Å². The van der Waals surface area contributed by atoms with Crippen LogP contribution in [-0.2, 0) is 0 Å². The third-order valence-corrected chi connectivity index (χ3v) is 3.41. The first kappa shape index (κ1) is 12.9. The van der Waals surface area contributed by atoms with E-state index in [0.29, 0.717) is 11.5 Å². The van der Waals surface area contributed by atoms with Crippen molar-refractivity contribution in [1.29, 1.82) is 0 Å². The maximum Gasteiger partial charge on any atom is 0.153 e. The molecule has 3 nitrogen and oxygen atoms in total. The monoisotopic (exact) mass is 305 g/mol. The van der Waals surface area contributed by atoms with Crippen molar-refractivity contribution < 1.29 is 0 Å². The van der Waals surface area contributed by atoms with Gasteiger partial charge in [-0.3, -0.25) is 0 Å². The standard InChI is InChI=1S/C14H16BrN3/c1-8-4-5-17-14(12(8)16)18-13-9(2)6-11(15)7-10(13)3/h4-7H,16H2,1-3H3,(H,17,18). The average molecular weight is 306 g/mol. The van der Waals surface area contributed by atoms with Gasteiger partial charge in [0.05, 0.1) is 5.69 Å². The molecule has 4 heteroatoms. The summed E-state index contributed by atoms with van der Waals surface area (Å²) >= 11 is 3.49. The van der Waals surface area contributed by atoms with E-state index in [9.17, 15) is 0 Å². The minimum absolute atomic E-state index is 0.694. The molecule has 3 N–H and O–H groups in total. The van der Waals surface area contributed by atoms with Gasteiger partial charge in [0.15, 0.2) is 5.82 Å². The number of nitrogen functional groups attached to an aromatic ring is 1. The Morgan fingerprint density at radius 1 is 1.11 bits per heavy atom. The summed E-state index contributed by atoms with van der Waals surface area (Å²) < 4.78 is 1.08. The number of nitrogens with two attached hydrogens (primary N) is 1. The Bertz CT molecular complexity index is 571. The molecule has 0 aliphatic heterocycles. The van der Waals surface area contributed by atoms with E-state index in [2.05, 4.69) is 52.2 Å². The van der Waals surface area contributed by atoms with Gasteiger partial charge in [0.2, 0.25) is 0 Å². The number of benzene rings is 1. The molecule has 0 saturated heterocycles. The molecule has 0 unspecified atom stereocenters. The maximum atomic E-state index is 6.03. The van der Waals surface area contributed by atoms with E-state index < -0.39 is 0 Å². The summed E-state index contributed by atoms with van der Waals surface area (Å²) in [6.07, 6.45) is 1.76. The van der Waals surface area contributed by atoms with E-state index in [-0.39, 0.29) is 0 Å². The molecule has 0 fully saturated rings. The summed E-state index contributed by atoms with van der Waals surface area (Å²) in [5, 5.41) is 3.32. The summed E-state index contributed by atoms with van der Waals surface area (Å²) in [6.45, 7) is 6.10. The molecule has 94 valence electrons. The lowest BCUT2D eigenvalue weighted by Gasteiger charge is -2.15. The van der Waals surface area contributed by atoms with E-state index in [4.69, 9.17) is 5.73 Å². The molecule has 0 spiro atoms. The summed E-state index contributed by atoms with van der Waals surface area (Å²) in [5.41, 5.74) is 11.1. The highest BCUT2D eigenvalue weighted by Crippen LogP contribution is 2.30. The molecule has 0 atom stereocenters. The van der Waals surface area contributed by atoms with Crippen molar-refractivity contribution in [3.63, 3.8) is 0 Å². The van der Waals surface area contributed by atoms with Crippen LogP contribution in [0.4, 0.5) is 17.2 Å². The Kier molecular flexibility index (Phi) is 3.57. The molecule has 1 aromatic heterocycles. The Labute approximate surface area is 116 Å². The fourth-order valence-corrected chi connectivity index (χ4v) is 2.58. The molecular weight excluding hydrogens is 290 g/mol. The van der Waals surface area contributed by atoms with Crippen LogP contribution in [0.1, 0.15) is 16.7 Å². The summed E-state index contributed by atoms with van der Waals surface area (Å²) in [5.74, 6) is 0.712. The van der Waals surface area contributed by atoms with Crippen LogP contribution in [0.15, 0.2) is 28.9 Å². The first-order chi connectivity index (χ1) is 8.49. The molecule has 18 heavy (non-hydrogen) atoms. The average Bonchev–Trinajstić information content (AvgIpc) is 2.28. The number of hydrogen-bond donors (Lipinski definition) is 2. The Morgan fingerprint density at radius 3 is 2.33 bits per heavy atom. The van der Waals surface area contributed by atoms with Crippen molar-refractivity contribution >= 4 is 33.1 Å². The second-order valence-electron chi connectivity index (χ2n) is 4.43. The molecule has 1 heterocycles. The molecule has 0 radical (unpaired) electrons. The number of aromatic nitrogens is 1. The maximum absolute atomic E-state index is 6.03. The zero-order valence-corrected chi connectivity index (χ0v) is 12.3. The van der Waals surface area contributed by atoms with Crippen molar-refractivity contribution in [2.45, 2.75) is 20.8 Å². The summed E-state index contributed by atoms with van der Waals surface area (Å²) in [7, 11) is 0. The second-order valence-corrected chi connectivity index (χ2v) is 5.35. The number of pyridine rings is 1. The molecule has 0 bridgehead atoms. The van der Waals surface area contributed by atoms with Crippen LogP contribution in [-0.4, -0.2) is 4.98 Å². The molecule has 2 rings (SSSR count). The molecule has 0 aliphatic carbocycles. The highest BCUT2D eigenvalue weighted by atomic mass is 79.9. The fraction of sp³-hybridized carbons (Fsp3) is 0.214. The van der Waals surface area contributed by atoms with Crippen LogP contribution in [0.5, 0.6) is 0 Å². The topological polar surface area (TPSA) is 50.9 Å². The molecule has 0 saturated carbocycles. The number of aryl methyl sites for hydroxylation is 3. The van der Waals surface area contributed by atoms with Crippen LogP contribution in [0.25, 0.3) is 0 Å². The number of halogens is 1. The van der Waals surface area contributed by atoms with Crippen LogP contribution >= 0.6 is 15.9 Å². The minimum Gasteiger partial charge on any atom is -0.396 e. The number of nitrogens with zero attached hydrogens (tertiary/aromatic N) is 1. The van der Waals surface area contributed by atoms with Crippen molar-refractivity contribution in [3.8, 4) is 0 Å². The Hall–Kier alpha value is -1.55. The van der Waals surface area contributed by atoms with Crippen LogP contribution in [0.3, 0.4) is 0 Å². The lowest BCUT2D eigenvalue weighted by atomic mass is 10.1. The predicted octanol–water partition coefficient (Wildman–Crippen LogP) is 4.10. The highest BCUT2D eigenvalue weighted by molar-refractivity contribution is 9.10. The molecule has 0 aliphatic rings. The quantitative estimate of drug-likeness (QED) is 0.878. The lowest BCUT2D eigenvalue weighted by molar-refractivity contribution is 1.25. The molecule has 1 aromatic carbocycles. The number of nitrogens with one attached hydrogen (secondary N) is 1. The number of rotatable bonds is 2. The highest BCUT2D eigenvalue weighted by Gasteiger charge is 2.08. The molecular formula is C14H16BrN3. The van der Waals surface area contributed by atoms with Gasteiger partial charge < -0.3 is 11.1 Å². The molecule has 0 amide bonds. The Morgan fingerprint density at radius 2 is 1.72 bits per heavy atom. The van der Waals surface area contributed by atoms with E-state index in [1.807, 2.05) is 13.0 Å².